The molecule has 0 bridgehead atoms. The van der Waals surface area contributed by atoms with Crippen LogP contribution < -0.4 is 5.32 Å². The van der Waals surface area contributed by atoms with E-state index in [1.165, 1.54) is 22.3 Å². The van der Waals surface area contributed by atoms with Gasteiger partial charge in [0.05, 0.1) is 6.20 Å². The summed E-state index contributed by atoms with van der Waals surface area (Å²) in [6, 6.07) is 7.33. The Balaban J connectivity index is 1.94. The van der Waals surface area contributed by atoms with E-state index >= 15 is 0 Å². The van der Waals surface area contributed by atoms with Crippen molar-refractivity contribution in [3.05, 3.63) is 52.8 Å². The van der Waals surface area contributed by atoms with Gasteiger partial charge in [0, 0.05) is 19.3 Å². The number of rotatable bonds is 6. The molecule has 1 unspecified atom stereocenters. The molecule has 0 spiro atoms. The van der Waals surface area contributed by atoms with E-state index in [4.69, 9.17) is 0 Å². The number of likely N-dealkylation sites (N-methyl/N-ethyl adjacent to an activating group) is 1. The van der Waals surface area contributed by atoms with Crippen molar-refractivity contribution in [2.75, 3.05) is 7.05 Å². The van der Waals surface area contributed by atoms with Crippen molar-refractivity contribution >= 4 is 0 Å². The first-order chi connectivity index (χ1) is 9.56. The molecule has 3 nitrogen and oxygen atoms in total. The highest BCUT2D eigenvalue weighted by Crippen LogP contribution is 2.13. The Morgan fingerprint density at radius 1 is 1.15 bits per heavy atom. The van der Waals surface area contributed by atoms with Gasteiger partial charge in [-0.25, -0.2) is 0 Å². The standard InChI is InChI=1S/C17H25N3/c1-13-7-14(2)9-16(8-13)10-17(18-3)6-5-15-11-19-20(4)12-15/h7-9,11-12,17-18H,5-6,10H2,1-4H3. The third-order valence-electron chi connectivity index (χ3n) is 3.71. The predicted octanol–water partition coefficient (Wildman–Crippen LogP) is 2.80. The third kappa shape index (κ3) is 4.20. The Morgan fingerprint density at radius 2 is 1.85 bits per heavy atom. The minimum absolute atomic E-state index is 0.511. The van der Waals surface area contributed by atoms with Crippen LogP contribution in [0.4, 0.5) is 0 Å². The smallest absolute Gasteiger partial charge is 0.0521 e. The van der Waals surface area contributed by atoms with Gasteiger partial charge in [-0.05, 0) is 51.3 Å². The number of hydrogen-bond acceptors (Lipinski definition) is 2. The second-order valence-electron chi connectivity index (χ2n) is 5.75. The molecule has 0 aliphatic rings. The van der Waals surface area contributed by atoms with E-state index in [1.807, 2.05) is 17.9 Å². The van der Waals surface area contributed by atoms with Gasteiger partial charge in [0.15, 0.2) is 0 Å². The maximum absolute atomic E-state index is 4.22. The lowest BCUT2D eigenvalue weighted by Gasteiger charge is -2.16. The SMILES string of the molecule is CNC(CCc1cnn(C)c1)Cc1cc(C)cc(C)c1. The molecular weight excluding hydrogens is 246 g/mol. The van der Waals surface area contributed by atoms with Gasteiger partial charge >= 0.3 is 0 Å². The summed E-state index contributed by atoms with van der Waals surface area (Å²) in [5, 5.41) is 7.66. The summed E-state index contributed by atoms with van der Waals surface area (Å²) in [6.45, 7) is 4.33. The monoisotopic (exact) mass is 271 g/mol. The number of hydrogen-bond donors (Lipinski definition) is 1. The Kier molecular flexibility index (Phi) is 4.96. The van der Waals surface area contributed by atoms with E-state index in [0.717, 1.165) is 19.3 Å². The molecule has 1 N–H and O–H groups in total. The summed E-state index contributed by atoms with van der Waals surface area (Å²) in [7, 11) is 4.02. The molecule has 0 aliphatic heterocycles. The second kappa shape index (κ2) is 6.71. The van der Waals surface area contributed by atoms with Crippen LogP contribution in [0.25, 0.3) is 0 Å². The Bertz CT molecular complexity index is 537. The Labute approximate surface area is 122 Å². The average molecular weight is 271 g/mol. The van der Waals surface area contributed by atoms with Crippen LogP contribution in [0.5, 0.6) is 0 Å². The molecular formula is C17H25N3. The van der Waals surface area contributed by atoms with E-state index in [1.54, 1.807) is 0 Å². The average Bonchev–Trinajstić information content (AvgIpc) is 2.79. The predicted molar refractivity (Wildman–Crippen MR) is 84.0 cm³/mol. The van der Waals surface area contributed by atoms with E-state index in [-0.39, 0.29) is 0 Å². The van der Waals surface area contributed by atoms with Crippen LogP contribution in [0, 0.1) is 13.8 Å². The Morgan fingerprint density at radius 3 is 2.40 bits per heavy atom. The maximum atomic E-state index is 4.22. The maximum Gasteiger partial charge on any atom is 0.0521 e. The van der Waals surface area contributed by atoms with Gasteiger partial charge in [-0.3, -0.25) is 4.68 Å². The first-order valence-electron chi connectivity index (χ1n) is 7.29. The van der Waals surface area contributed by atoms with Gasteiger partial charge in [-0.1, -0.05) is 29.3 Å². The van der Waals surface area contributed by atoms with Crippen molar-refractivity contribution in [3.8, 4) is 0 Å². The van der Waals surface area contributed by atoms with Crippen molar-refractivity contribution < 1.29 is 0 Å². The summed E-state index contributed by atoms with van der Waals surface area (Å²) >= 11 is 0. The third-order valence-corrected chi connectivity index (χ3v) is 3.71. The molecule has 20 heavy (non-hydrogen) atoms. The van der Waals surface area contributed by atoms with E-state index in [0.29, 0.717) is 6.04 Å². The number of aromatic nitrogens is 2. The summed E-state index contributed by atoms with van der Waals surface area (Å²) in [5.74, 6) is 0. The molecule has 1 aromatic carbocycles. The molecule has 0 radical (unpaired) electrons. The van der Waals surface area contributed by atoms with Crippen molar-refractivity contribution in [1.29, 1.82) is 0 Å². The van der Waals surface area contributed by atoms with Gasteiger partial charge in [0.25, 0.3) is 0 Å². The molecule has 2 aromatic rings. The van der Waals surface area contributed by atoms with Gasteiger partial charge < -0.3 is 5.32 Å². The molecule has 0 fully saturated rings. The van der Waals surface area contributed by atoms with E-state index < -0.39 is 0 Å². The zero-order valence-electron chi connectivity index (χ0n) is 13.0. The van der Waals surface area contributed by atoms with Crippen molar-refractivity contribution in [2.24, 2.45) is 7.05 Å². The van der Waals surface area contributed by atoms with Crippen molar-refractivity contribution in [1.82, 2.24) is 15.1 Å². The molecule has 3 heteroatoms. The minimum atomic E-state index is 0.511. The fourth-order valence-corrected chi connectivity index (χ4v) is 2.76. The highest BCUT2D eigenvalue weighted by atomic mass is 15.2. The molecule has 1 atom stereocenters. The number of benzene rings is 1. The largest absolute Gasteiger partial charge is 0.317 e. The molecule has 0 saturated heterocycles. The quantitative estimate of drug-likeness (QED) is 0.875. The summed E-state index contributed by atoms with van der Waals surface area (Å²) in [6.07, 6.45) is 7.35. The highest BCUT2D eigenvalue weighted by Gasteiger charge is 2.09. The van der Waals surface area contributed by atoms with Crippen molar-refractivity contribution in [2.45, 2.75) is 39.2 Å². The fourth-order valence-electron chi connectivity index (χ4n) is 2.76. The lowest BCUT2D eigenvalue weighted by Crippen LogP contribution is -2.28. The molecule has 2 rings (SSSR count). The van der Waals surface area contributed by atoms with E-state index in [9.17, 15) is 0 Å². The van der Waals surface area contributed by atoms with E-state index in [2.05, 4.69) is 55.7 Å². The topological polar surface area (TPSA) is 29.9 Å². The first-order valence-corrected chi connectivity index (χ1v) is 7.29. The molecule has 0 amide bonds. The summed E-state index contributed by atoms with van der Waals surface area (Å²) < 4.78 is 1.87. The number of nitrogens with zero attached hydrogens (tertiary/aromatic N) is 2. The summed E-state index contributed by atoms with van der Waals surface area (Å²) in [5.41, 5.74) is 5.44. The summed E-state index contributed by atoms with van der Waals surface area (Å²) in [4.78, 5) is 0. The molecule has 0 saturated carbocycles. The van der Waals surface area contributed by atoms with Gasteiger partial charge in [0.2, 0.25) is 0 Å². The van der Waals surface area contributed by atoms with Gasteiger partial charge in [-0.2, -0.15) is 5.10 Å². The zero-order valence-corrected chi connectivity index (χ0v) is 13.0. The molecule has 1 aromatic heterocycles. The molecule has 1 heterocycles. The lowest BCUT2D eigenvalue weighted by molar-refractivity contribution is 0.520. The number of aryl methyl sites for hydroxylation is 4. The van der Waals surface area contributed by atoms with Crippen LogP contribution in [-0.4, -0.2) is 22.9 Å². The van der Waals surface area contributed by atoms with Crippen LogP contribution in [-0.2, 0) is 19.9 Å². The van der Waals surface area contributed by atoms with Crippen LogP contribution in [0.15, 0.2) is 30.6 Å². The minimum Gasteiger partial charge on any atom is -0.317 e. The van der Waals surface area contributed by atoms with Crippen LogP contribution in [0.3, 0.4) is 0 Å². The molecule has 108 valence electrons. The second-order valence-corrected chi connectivity index (χ2v) is 5.75. The van der Waals surface area contributed by atoms with Gasteiger partial charge in [-0.15, -0.1) is 0 Å². The fraction of sp³-hybridized carbons (Fsp3) is 0.471. The van der Waals surface area contributed by atoms with Crippen molar-refractivity contribution in [3.63, 3.8) is 0 Å². The van der Waals surface area contributed by atoms with Crippen LogP contribution >= 0.6 is 0 Å². The highest BCUT2D eigenvalue weighted by molar-refractivity contribution is 5.29. The Hall–Kier alpha value is -1.61. The molecule has 0 aliphatic carbocycles. The lowest BCUT2D eigenvalue weighted by atomic mass is 9.98. The zero-order chi connectivity index (χ0) is 14.5. The number of nitrogens with one attached hydrogen (secondary N) is 1. The van der Waals surface area contributed by atoms with Crippen LogP contribution in [0.2, 0.25) is 0 Å². The first kappa shape index (κ1) is 14.8. The van der Waals surface area contributed by atoms with Crippen LogP contribution in [0.1, 0.15) is 28.7 Å². The normalized spacial score (nSPS) is 12.6. The van der Waals surface area contributed by atoms with Gasteiger partial charge in [0.1, 0.15) is 0 Å².